The van der Waals surface area contributed by atoms with Gasteiger partial charge in [0.25, 0.3) is 11.8 Å². The van der Waals surface area contributed by atoms with Crippen molar-refractivity contribution in [3.05, 3.63) is 23.9 Å². The summed E-state index contributed by atoms with van der Waals surface area (Å²) in [6.45, 7) is 1.45. The second kappa shape index (κ2) is 7.31. The lowest BCUT2D eigenvalue weighted by molar-refractivity contribution is -0.172. The van der Waals surface area contributed by atoms with Gasteiger partial charge >= 0.3 is 11.9 Å². The quantitative estimate of drug-likeness (QED) is 0.352. The van der Waals surface area contributed by atoms with E-state index in [9.17, 15) is 19.2 Å². The predicted molar refractivity (Wildman–Crippen MR) is 79.5 cm³/mol. The van der Waals surface area contributed by atoms with E-state index >= 15 is 0 Å². The van der Waals surface area contributed by atoms with Gasteiger partial charge in [-0.15, -0.1) is 5.06 Å². The van der Waals surface area contributed by atoms with E-state index in [1.54, 1.807) is 0 Å². The number of imide groups is 1. The van der Waals surface area contributed by atoms with E-state index in [1.165, 1.54) is 32.4 Å². The molecule has 126 valence electrons. The number of methoxy groups -OCH3 is 1. The minimum atomic E-state index is -0.883. The van der Waals surface area contributed by atoms with Crippen LogP contribution in [0.5, 0.6) is 0 Å². The van der Waals surface area contributed by atoms with Crippen molar-refractivity contribution in [3.63, 3.8) is 0 Å². The Morgan fingerprint density at radius 2 is 1.92 bits per heavy atom. The van der Waals surface area contributed by atoms with Crippen molar-refractivity contribution >= 4 is 35.3 Å². The van der Waals surface area contributed by atoms with Gasteiger partial charge in [-0.3, -0.25) is 15.0 Å². The average Bonchev–Trinajstić information content (AvgIpc) is 2.91. The molecule has 1 saturated heterocycles. The van der Waals surface area contributed by atoms with E-state index in [0.29, 0.717) is 5.06 Å². The molecule has 0 saturated carbocycles. The third-order valence-electron chi connectivity index (χ3n) is 3.00. The van der Waals surface area contributed by atoms with Gasteiger partial charge in [-0.25, -0.2) is 14.6 Å². The molecule has 2 heterocycles. The van der Waals surface area contributed by atoms with Gasteiger partial charge in [0.1, 0.15) is 11.5 Å². The lowest BCUT2D eigenvalue weighted by Crippen LogP contribution is -2.32. The number of amides is 2. The molecule has 1 aliphatic rings. The van der Waals surface area contributed by atoms with E-state index in [4.69, 9.17) is 4.84 Å². The highest BCUT2D eigenvalue weighted by atomic mass is 16.7. The summed E-state index contributed by atoms with van der Waals surface area (Å²) in [4.78, 5) is 54.5. The van der Waals surface area contributed by atoms with Crippen LogP contribution in [0.4, 0.5) is 5.82 Å². The normalized spacial score (nSPS) is 14.6. The number of esters is 1. The first kappa shape index (κ1) is 17.1. The lowest BCUT2D eigenvalue weighted by Gasteiger charge is -2.12. The van der Waals surface area contributed by atoms with Crippen LogP contribution in [-0.2, 0) is 24.0 Å². The first-order valence-electron chi connectivity index (χ1n) is 6.85. The molecule has 0 spiro atoms. The molecule has 1 aliphatic heterocycles. The minimum absolute atomic E-state index is 0.0186. The molecule has 2 amide bonds. The third-order valence-corrected chi connectivity index (χ3v) is 3.00. The Hall–Kier alpha value is -3.30. The van der Waals surface area contributed by atoms with Crippen LogP contribution in [0, 0.1) is 0 Å². The fraction of sp³-hybridized carbons (Fsp3) is 0.286. The van der Waals surface area contributed by atoms with E-state index in [2.05, 4.69) is 20.2 Å². The highest BCUT2D eigenvalue weighted by molar-refractivity contribution is 6.35. The SMILES string of the molecule is COC(=O)/C(C)=N/Nc1ccc(C(=O)ON2C(=O)CCC2=O)cn1. The molecule has 10 nitrogen and oxygen atoms in total. The molecule has 1 fully saturated rings. The van der Waals surface area contributed by atoms with Gasteiger partial charge in [-0.2, -0.15) is 5.10 Å². The number of carbonyl (C=O) groups is 4. The monoisotopic (exact) mass is 334 g/mol. The number of nitrogens with one attached hydrogen (secondary N) is 1. The molecule has 0 bridgehead atoms. The Bertz CT molecular complexity index is 696. The van der Waals surface area contributed by atoms with Crippen molar-refractivity contribution in [1.29, 1.82) is 0 Å². The largest absolute Gasteiger partial charge is 0.464 e. The molecule has 2 rings (SSSR count). The molecule has 1 aromatic rings. The summed E-state index contributed by atoms with van der Waals surface area (Å²) in [5.41, 5.74) is 2.65. The van der Waals surface area contributed by atoms with E-state index in [-0.39, 0.29) is 29.9 Å². The summed E-state index contributed by atoms with van der Waals surface area (Å²) in [7, 11) is 1.23. The number of nitrogens with zero attached hydrogens (tertiary/aromatic N) is 3. The maximum Gasteiger partial charge on any atom is 0.365 e. The summed E-state index contributed by atoms with van der Waals surface area (Å²) < 4.78 is 4.48. The molecule has 10 heteroatoms. The molecule has 24 heavy (non-hydrogen) atoms. The molecule has 0 atom stereocenters. The van der Waals surface area contributed by atoms with Gasteiger partial charge < -0.3 is 9.57 Å². The molecule has 1 N–H and O–H groups in total. The van der Waals surface area contributed by atoms with Crippen molar-refractivity contribution in [2.24, 2.45) is 5.10 Å². The number of hydroxylamine groups is 2. The molecule has 0 unspecified atom stereocenters. The average molecular weight is 334 g/mol. The van der Waals surface area contributed by atoms with E-state index in [0.717, 1.165) is 0 Å². The van der Waals surface area contributed by atoms with Crippen LogP contribution in [0.25, 0.3) is 0 Å². The molecule has 0 radical (unpaired) electrons. The van der Waals surface area contributed by atoms with Crippen LogP contribution in [0.3, 0.4) is 0 Å². The Kier molecular flexibility index (Phi) is 5.20. The maximum atomic E-state index is 11.9. The number of carbonyl (C=O) groups excluding carboxylic acids is 4. The van der Waals surface area contributed by atoms with Gasteiger partial charge in [-0.05, 0) is 19.1 Å². The summed E-state index contributed by atoms with van der Waals surface area (Å²) in [6.07, 6.45) is 1.22. The van der Waals surface area contributed by atoms with Gasteiger partial charge in [0.2, 0.25) is 0 Å². The van der Waals surface area contributed by atoms with Crippen molar-refractivity contribution in [3.8, 4) is 0 Å². The standard InChI is InChI=1S/C14H14N4O6/c1-8(13(21)23-2)16-17-10-4-3-9(7-15-10)14(22)24-18-11(19)5-6-12(18)20/h3-4,7H,5-6H2,1-2H3,(H,15,17)/b16-8+. The second-order valence-electron chi connectivity index (χ2n) is 4.69. The first-order chi connectivity index (χ1) is 11.4. The molecular weight excluding hydrogens is 320 g/mol. The van der Waals surface area contributed by atoms with Crippen molar-refractivity contribution < 1.29 is 28.8 Å². The lowest BCUT2D eigenvalue weighted by atomic mass is 10.3. The Morgan fingerprint density at radius 1 is 1.25 bits per heavy atom. The van der Waals surface area contributed by atoms with Crippen LogP contribution in [-0.4, -0.2) is 46.6 Å². The number of anilines is 1. The number of hydrogen-bond acceptors (Lipinski definition) is 9. The summed E-state index contributed by atoms with van der Waals surface area (Å²) in [5.74, 6) is -2.34. The number of ether oxygens (including phenoxy) is 1. The van der Waals surface area contributed by atoms with Crippen LogP contribution >= 0.6 is 0 Å². The first-order valence-corrected chi connectivity index (χ1v) is 6.85. The second-order valence-corrected chi connectivity index (χ2v) is 4.69. The maximum absolute atomic E-state index is 11.9. The fourth-order valence-electron chi connectivity index (χ4n) is 1.71. The number of hydrazone groups is 1. The molecule has 0 aliphatic carbocycles. The number of hydrogen-bond donors (Lipinski definition) is 1. The number of pyridine rings is 1. The number of aromatic nitrogens is 1. The smallest absolute Gasteiger partial charge is 0.365 e. The third kappa shape index (κ3) is 3.91. The van der Waals surface area contributed by atoms with Crippen LogP contribution in [0.1, 0.15) is 30.1 Å². The van der Waals surface area contributed by atoms with Crippen molar-refractivity contribution in [2.75, 3.05) is 12.5 Å². The van der Waals surface area contributed by atoms with Gasteiger partial charge in [0.15, 0.2) is 0 Å². The van der Waals surface area contributed by atoms with Crippen molar-refractivity contribution in [2.45, 2.75) is 19.8 Å². The summed E-state index contributed by atoms with van der Waals surface area (Å²) >= 11 is 0. The van der Waals surface area contributed by atoms with Crippen molar-refractivity contribution in [1.82, 2.24) is 10.0 Å². The predicted octanol–water partition coefficient (Wildman–Crippen LogP) is 0.263. The molecule has 1 aromatic heterocycles. The van der Waals surface area contributed by atoms with E-state index < -0.39 is 23.8 Å². The Labute approximate surface area is 136 Å². The van der Waals surface area contributed by atoms with Gasteiger partial charge in [-0.1, -0.05) is 0 Å². The topological polar surface area (TPSA) is 127 Å². The summed E-state index contributed by atoms with van der Waals surface area (Å²) in [6, 6.07) is 2.78. The van der Waals surface area contributed by atoms with Gasteiger partial charge in [0.05, 0.1) is 12.7 Å². The minimum Gasteiger partial charge on any atom is -0.464 e. The fourth-order valence-corrected chi connectivity index (χ4v) is 1.71. The zero-order chi connectivity index (χ0) is 17.7. The van der Waals surface area contributed by atoms with E-state index in [1.807, 2.05) is 0 Å². The highest BCUT2D eigenvalue weighted by Gasteiger charge is 2.33. The Morgan fingerprint density at radius 3 is 2.46 bits per heavy atom. The summed E-state index contributed by atoms with van der Waals surface area (Å²) in [5, 5.41) is 4.22. The zero-order valence-corrected chi connectivity index (χ0v) is 12.9. The van der Waals surface area contributed by atoms with Crippen LogP contribution < -0.4 is 5.43 Å². The molecule has 0 aromatic carbocycles. The highest BCUT2D eigenvalue weighted by Crippen LogP contribution is 2.14. The number of rotatable bonds is 5. The van der Waals surface area contributed by atoms with Gasteiger partial charge in [0, 0.05) is 19.0 Å². The van der Waals surface area contributed by atoms with Crippen LogP contribution in [0.2, 0.25) is 0 Å². The molecular formula is C14H14N4O6. The van der Waals surface area contributed by atoms with Crippen LogP contribution in [0.15, 0.2) is 23.4 Å². The zero-order valence-electron chi connectivity index (χ0n) is 12.9. The Balaban J connectivity index is 1.98.